The summed E-state index contributed by atoms with van der Waals surface area (Å²) in [6, 6.07) is 3.98. The van der Waals surface area contributed by atoms with E-state index in [0.29, 0.717) is 18.8 Å². The summed E-state index contributed by atoms with van der Waals surface area (Å²) in [5.41, 5.74) is 1.67. The number of fused-ring (bicyclic) bond motifs is 1. The number of thiophene rings is 1. The summed E-state index contributed by atoms with van der Waals surface area (Å²) in [7, 11) is 1.82. The highest BCUT2D eigenvalue weighted by molar-refractivity contribution is 7.23. The Hall–Kier alpha value is -1.79. The van der Waals surface area contributed by atoms with Gasteiger partial charge in [0.15, 0.2) is 0 Å². The average Bonchev–Trinajstić information content (AvgIpc) is 2.99. The van der Waals surface area contributed by atoms with Crippen LogP contribution in [0.5, 0.6) is 5.75 Å². The van der Waals surface area contributed by atoms with Gasteiger partial charge in [0, 0.05) is 19.0 Å². The first-order chi connectivity index (χ1) is 12.1. The van der Waals surface area contributed by atoms with Gasteiger partial charge in [-0.2, -0.15) is 0 Å². The number of nitrogens with one attached hydrogen (secondary N) is 1. The molecule has 25 heavy (non-hydrogen) atoms. The van der Waals surface area contributed by atoms with Gasteiger partial charge in [-0.1, -0.05) is 26.0 Å². The topological polar surface area (TPSA) is 50.8 Å². The number of esters is 1. The van der Waals surface area contributed by atoms with Gasteiger partial charge in [-0.25, -0.2) is 4.79 Å². The number of hydrogen-bond acceptors (Lipinski definition) is 6. The summed E-state index contributed by atoms with van der Waals surface area (Å²) in [6.07, 6.45) is 0. The molecule has 138 valence electrons. The summed E-state index contributed by atoms with van der Waals surface area (Å²) in [5, 5.41) is 4.82. The van der Waals surface area contributed by atoms with Crippen LogP contribution >= 0.6 is 11.3 Å². The number of anilines is 1. The average molecular weight is 365 g/mol. The minimum Gasteiger partial charge on any atom is -0.490 e. The highest BCUT2D eigenvalue weighted by atomic mass is 32.1. The van der Waals surface area contributed by atoms with Gasteiger partial charge >= 0.3 is 5.97 Å². The number of benzene rings is 1. The van der Waals surface area contributed by atoms with Crippen LogP contribution in [0.3, 0.4) is 0 Å². The van der Waals surface area contributed by atoms with Crippen LogP contribution in [0.1, 0.15) is 36.7 Å². The molecule has 1 aromatic carbocycles. The van der Waals surface area contributed by atoms with Crippen molar-refractivity contribution in [1.82, 2.24) is 4.90 Å². The zero-order chi connectivity index (χ0) is 18.4. The molecule has 0 saturated heterocycles. The molecule has 0 radical (unpaired) electrons. The fourth-order valence-corrected chi connectivity index (χ4v) is 4.01. The quantitative estimate of drug-likeness (QED) is 0.678. The van der Waals surface area contributed by atoms with Gasteiger partial charge in [0.2, 0.25) is 0 Å². The lowest BCUT2D eigenvalue weighted by Gasteiger charge is -2.18. The monoisotopic (exact) mass is 364 g/mol. The molecule has 2 rings (SSSR count). The Balaban J connectivity index is 2.37. The molecule has 1 aromatic heterocycles. The molecule has 0 unspecified atom stereocenters. The second-order valence-electron chi connectivity index (χ2n) is 5.74. The van der Waals surface area contributed by atoms with Crippen LogP contribution in [0.15, 0.2) is 12.1 Å². The van der Waals surface area contributed by atoms with Crippen LogP contribution in [0, 0.1) is 6.92 Å². The van der Waals surface area contributed by atoms with E-state index in [0.717, 1.165) is 46.0 Å². The minimum absolute atomic E-state index is 0.295. The first-order valence-corrected chi connectivity index (χ1v) is 9.65. The molecule has 2 aromatic rings. The Bertz CT molecular complexity index is 723. The molecule has 0 saturated carbocycles. The molecule has 6 heteroatoms. The van der Waals surface area contributed by atoms with Crippen LogP contribution in [0.4, 0.5) is 5.00 Å². The van der Waals surface area contributed by atoms with Crippen molar-refractivity contribution in [3.63, 3.8) is 0 Å². The van der Waals surface area contributed by atoms with Crippen LogP contribution in [-0.2, 0) is 4.74 Å². The summed E-state index contributed by atoms with van der Waals surface area (Å²) in [5.74, 6) is 0.567. The SMILES string of the molecule is CCOC(=O)c1c(NC)sc2c(OCCN(CC)CC)c(C)ccc12. The minimum atomic E-state index is -0.295. The van der Waals surface area contributed by atoms with Crippen LogP contribution in [-0.4, -0.2) is 50.8 Å². The van der Waals surface area contributed by atoms with Crippen molar-refractivity contribution in [3.05, 3.63) is 23.3 Å². The number of likely N-dealkylation sites (N-methyl/N-ethyl adjacent to an activating group) is 1. The van der Waals surface area contributed by atoms with E-state index in [1.807, 2.05) is 33.0 Å². The lowest BCUT2D eigenvalue weighted by atomic mass is 10.1. The van der Waals surface area contributed by atoms with E-state index in [-0.39, 0.29) is 5.97 Å². The predicted molar refractivity (Wildman–Crippen MR) is 105 cm³/mol. The number of ether oxygens (including phenoxy) is 2. The molecule has 0 aliphatic carbocycles. The number of carbonyl (C=O) groups excluding carboxylic acids is 1. The third-order valence-corrected chi connectivity index (χ3v) is 5.49. The van der Waals surface area contributed by atoms with Gasteiger partial charge in [-0.05, 0) is 32.5 Å². The van der Waals surface area contributed by atoms with E-state index in [9.17, 15) is 4.79 Å². The molecule has 0 spiro atoms. The molecular formula is C19H28N2O3S. The maximum atomic E-state index is 12.4. The molecule has 0 aliphatic heterocycles. The molecule has 0 atom stereocenters. The van der Waals surface area contributed by atoms with E-state index in [1.54, 1.807) is 0 Å². The van der Waals surface area contributed by atoms with Gasteiger partial charge in [0.1, 0.15) is 22.9 Å². The maximum absolute atomic E-state index is 12.4. The number of hydrogen-bond donors (Lipinski definition) is 1. The van der Waals surface area contributed by atoms with Crippen molar-refractivity contribution in [2.45, 2.75) is 27.7 Å². The fraction of sp³-hybridized carbons (Fsp3) is 0.526. The second-order valence-corrected chi connectivity index (χ2v) is 6.76. The van der Waals surface area contributed by atoms with Crippen LogP contribution in [0.25, 0.3) is 10.1 Å². The lowest BCUT2D eigenvalue weighted by Crippen LogP contribution is -2.28. The standard InChI is InChI=1S/C19H28N2O3S/c1-6-21(7-2)11-12-24-16-13(4)9-10-14-15(19(22)23-8-3)18(20-5)25-17(14)16/h9-10,20H,6-8,11-12H2,1-5H3. The molecule has 0 bridgehead atoms. The summed E-state index contributed by atoms with van der Waals surface area (Å²) >= 11 is 1.54. The normalized spacial score (nSPS) is 11.1. The van der Waals surface area contributed by atoms with Crippen molar-refractivity contribution in [2.75, 3.05) is 45.2 Å². The summed E-state index contributed by atoms with van der Waals surface area (Å²) in [4.78, 5) is 14.7. The largest absolute Gasteiger partial charge is 0.490 e. The molecule has 1 N–H and O–H groups in total. The maximum Gasteiger partial charge on any atom is 0.341 e. The Labute approximate surface area is 153 Å². The predicted octanol–water partition coefficient (Wildman–Crippen LogP) is 4.15. The van der Waals surface area contributed by atoms with Crippen LogP contribution in [0.2, 0.25) is 0 Å². The fourth-order valence-electron chi connectivity index (χ4n) is 2.81. The Morgan fingerprint density at radius 2 is 1.96 bits per heavy atom. The first kappa shape index (κ1) is 19.5. The van der Waals surface area contributed by atoms with E-state index < -0.39 is 0 Å². The molecule has 1 heterocycles. The van der Waals surface area contributed by atoms with E-state index in [4.69, 9.17) is 9.47 Å². The molecular weight excluding hydrogens is 336 g/mol. The number of rotatable bonds is 9. The molecule has 5 nitrogen and oxygen atoms in total. The second kappa shape index (κ2) is 9.06. The van der Waals surface area contributed by atoms with Crippen molar-refractivity contribution in [2.24, 2.45) is 0 Å². The Kier molecular flexibility index (Phi) is 7.08. The summed E-state index contributed by atoms with van der Waals surface area (Å²) in [6.45, 7) is 12.1. The Morgan fingerprint density at radius 1 is 1.24 bits per heavy atom. The van der Waals surface area contributed by atoms with Crippen molar-refractivity contribution in [1.29, 1.82) is 0 Å². The van der Waals surface area contributed by atoms with Crippen molar-refractivity contribution >= 4 is 32.4 Å². The third-order valence-electron chi connectivity index (χ3n) is 4.26. The smallest absolute Gasteiger partial charge is 0.341 e. The van der Waals surface area contributed by atoms with Gasteiger partial charge in [0.05, 0.1) is 11.3 Å². The molecule has 0 amide bonds. The van der Waals surface area contributed by atoms with E-state index >= 15 is 0 Å². The van der Waals surface area contributed by atoms with E-state index in [1.165, 1.54) is 11.3 Å². The molecule has 0 aliphatic rings. The summed E-state index contributed by atoms with van der Waals surface area (Å²) < 4.78 is 12.3. The van der Waals surface area contributed by atoms with Crippen LogP contribution < -0.4 is 10.1 Å². The third kappa shape index (κ3) is 4.25. The zero-order valence-electron chi connectivity index (χ0n) is 15.8. The first-order valence-electron chi connectivity index (χ1n) is 8.83. The van der Waals surface area contributed by atoms with Gasteiger partial charge in [-0.3, -0.25) is 0 Å². The number of aryl methyl sites for hydroxylation is 1. The van der Waals surface area contributed by atoms with Gasteiger partial charge < -0.3 is 19.7 Å². The highest BCUT2D eigenvalue weighted by Crippen LogP contribution is 2.42. The lowest BCUT2D eigenvalue weighted by molar-refractivity contribution is 0.0530. The van der Waals surface area contributed by atoms with Crippen molar-refractivity contribution < 1.29 is 14.3 Å². The van der Waals surface area contributed by atoms with Gasteiger partial charge in [-0.15, -0.1) is 11.3 Å². The number of nitrogens with zero attached hydrogens (tertiary/aromatic N) is 1. The van der Waals surface area contributed by atoms with Crippen molar-refractivity contribution in [3.8, 4) is 5.75 Å². The Morgan fingerprint density at radius 3 is 2.56 bits per heavy atom. The highest BCUT2D eigenvalue weighted by Gasteiger charge is 2.22. The van der Waals surface area contributed by atoms with E-state index in [2.05, 4.69) is 24.1 Å². The van der Waals surface area contributed by atoms with Gasteiger partial charge in [0.25, 0.3) is 0 Å². The molecule has 0 fully saturated rings. The number of carbonyl (C=O) groups is 1. The zero-order valence-corrected chi connectivity index (χ0v) is 16.6.